The molecule has 0 aromatic heterocycles. The van der Waals surface area contributed by atoms with Crippen LogP contribution in [0.1, 0.15) is 17.2 Å². The van der Waals surface area contributed by atoms with E-state index in [4.69, 9.17) is 14.2 Å². The fraction of sp³-hybridized carbons (Fsp3) is 0.316. The molecule has 1 unspecified atom stereocenters. The lowest BCUT2D eigenvalue weighted by Crippen LogP contribution is -2.25. The molecule has 0 bridgehead atoms. The molecule has 0 saturated carbocycles. The van der Waals surface area contributed by atoms with Crippen molar-refractivity contribution in [2.45, 2.75) is 12.5 Å². The average Bonchev–Trinajstić information content (AvgIpc) is 3.21. The van der Waals surface area contributed by atoms with E-state index in [-0.39, 0.29) is 25.1 Å². The summed E-state index contributed by atoms with van der Waals surface area (Å²) >= 11 is 0. The third-order valence-electron chi connectivity index (χ3n) is 4.73. The number of aliphatic hydroxyl groups excluding tert-OH is 1. The van der Waals surface area contributed by atoms with Crippen molar-refractivity contribution in [3.05, 3.63) is 53.6 Å². The maximum Gasteiger partial charge on any atom is 0.312 e. The normalized spacial score (nSPS) is 22.7. The lowest BCUT2D eigenvalue weighted by molar-refractivity contribution is -0.144. The van der Waals surface area contributed by atoms with Gasteiger partial charge >= 0.3 is 5.97 Å². The highest BCUT2D eigenvalue weighted by atomic mass is 16.7. The van der Waals surface area contributed by atoms with Crippen molar-refractivity contribution in [1.82, 2.24) is 0 Å². The highest BCUT2D eigenvalue weighted by Gasteiger charge is 2.42. The molecule has 2 aromatic carbocycles. The zero-order valence-corrected chi connectivity index (χ0v) is 13.4. The van der Waals surface area contributed by atoms with Gasteiger partial charge < -0.3 is 24.4 Å². The Morgan fingerprint density at radius 2 is 1.80 bits per heavy atom. The molecule has 25 heavy (non-hydrogen) atoms. The molecule has 2 aromatic rings. The molecule has 0 spiro atoms. The molecule has 0 amide bonds. The Kier molecular flexibility index (Phi) is 3.97. The summed E-state index contributed by atoms with van der Waals surface area (Å²) in [6.07, 6.45) is -0.392. The number of cyclic esters (lactones) is 1. The smallest absolute Gasteiger partial charge is 0.312 e. The van der Waals surface area contributed by atoms with Gasteiger partial charge in [0.25, 0.3) is 0 Å². The molecule has 1 saturated heterocycles. The Balaban J connectivity index is 1.54. The first kappa shape index (κ1) is 15.8. The van der Waals surface area contributed by atoms with E-state index in [0.717, 1.165) is 5.56 Å². The third kappa shape index (κ3) is 3.00. The SMILES string of the molecule is O=C1OC[C@H](Cc2ccc3c(c2)OCO3)[C@H]1C(O)c1ccc(O)cc1. The van der Waals surface area contributed by atoms with Crippen LogP contribution in [0.3, 0.4) is 0 Å². The van der Waals surface area contributed by atoms with E-state index in [1.165, 1.54) is 12.1 Å². The van der Waals surface area contributed by atoms with Gasteiger partial charge in [0.2, 0.25) is 6.79 Å². The minimum atomic E-state index is -0.977. The minimum absolute atomic E-state index is 0.113. The molecule has 3 atom stereocenters. The van der Waals surface area contributed by atoms with E-state index >= 15 is 0 Å². The molecule has 2 heterocycles. The van der Waals surface area contributed by atoms with Crippen molar-refractivity contribution in [3.8, 4) is 17.2 Å². The van der Waals surface area contributed by atoms with Gasteiger partial charge in [-0.3, -0.25) is 4.79 Å². The van der Waals surface area contributed by atoms with Crippen LogP contribution in [-0.2, 0) is 16.0 Å². The monoisotopic (exact) mass is 342 g/mol. The molecule has 2 N–H and O–H groups in total. The molecule has 0 radical (unpaired) electrons. The van der Waals surface area contributed by atoms with E-state index in [1.807, 2.05) is 18.2 Å². The van der Waals surface area contributed by atoms with Crippen molar-refractivity contribution < 1.29 is 29.2 Å². The quantitative estimate of drug-likeness (QED) is 0.829. The van der Waals surface area contributed by atoms with E-state index in [1.54, 1.807) is 12.1 Å². The summed E-state index contributed by atoms with van der Waals surface area (Å²) in [6, 6.07) is 11.9. The Bertz CT molecular complexity index is 785. The van der Waals surface area contributed by atoms with Gasteiger partial charge in [-0.05, 0) is 41.8 Å². The Labute approximate surface area is 144 Å². The molecule has 6 nitrogen and oxygen atoms in total. The van der Waals surface area contributed by atoms with Gasteiger partial charge in [0.15, 0.2) is 11.5 Å². The Morgan fingerprint density at radius 1 is 1.04 bits per heavy atom. The zero-order chi connectivity index (χ0) is 17.4. The topological polar surface area (TPSA) is 85.2 Å². The van der Waals surface area contributed by atoms with E-state index < -0.39 is 18.0 Å². The first-order valence-corrected chi connectivity index (χ1v) is 8.14. The molecular formula is C19H18O6. The summed E-state index contributed by atoms with van der Waals surface area (Å²) in [5, 5.41) is 20.0. The number of ether oxygens (including phenoxy) is 3. The number of aliphatic hydroxyl groups is 1. The molecule has 130 valence electrons. The predicted molar refractivity (Wildman–Crippen MR) is 87.3 cm³/mol. The molecule has 4 rings (SSSR count). The molecular weight excluding hydrogens is 324 g/mol. The highest BCUT2D eigenvalue weighted by Crippen LogP contribution is 2.38. The maximum absolute atomic E-state index is 12.2. The summed E-state index contributed by atoms with van der Waals surface area (Å²) in [7, 11) is 0. The summed E-state index contributed by atoms with van der Waals surface area (Å²) in [5.74, 6) is 0.335. The van der Waals surface area contributed by atoms with Crippen LogP contribution >= 0.6 is 0 Å². The number of phenols is 1. The lowest BCUT2D eigenvalue weighted by Gasteiger charge is -2.21. The number of carbonyl (C=O) groups excluding carboxylic acids is 1. The standard InChI is InChI=1S/C19H18O6/c20-14-4-2-12(3-5-14)18(21)17-13(9-23-19(17)22)7-11-1-6-15-16(8-11)25-10-24-15/h1-6,8,13,17-18,20-21H,7,9-10H2/t13-,17-,18?/m0/s1. The number of aromatic hydroxyl groups is 1. The van der Waals surface area contributed by atoms with E-state index in [0.29, 0.717) is 23.5 Å². The van der Waals surface area contributed by atoms with Gasteiger partial charge in [0.05, 0.1) is 18.6 Å². The summed E-state index contributed by atoms with van der Waals surface area (Å²) in [4.78, 5) is 12.2. The van der Waals surface area contributed by atoms with Gasteiger partial charge in [0.1, 0.15) is 5.75 Å². The van der Waals surface area contributed by atoms with Gasteiger partial charge in [0, 0.05) is 5.92 Å². The number of benzene rings is 2. The number of esters is 1. The van der Waals surface area contributed by atoms with Crippen molar-refractivity contribution in [2.75, 3.05) is 13.4 Å². The van der Waals surface area contributed by atoms with Gasteiger partial charge in [-0.2, -0.15) is 0 Å². The molecule has 1 fully saturated rings. The fourth-order valence-corrected chi connectivity index (χ4v) is 3.40. The number of carbonyl (C=O) groups is 1. The van der Waals surface area contributed by atoms with Crippen LogP contribution in [-0.4, -0.2) is 29.6 Å². The van der Waals surface area contributed by atoms with Crippen molar-refractivity contribution >= 4 is 5.97 Å². The van der Waals surface area contributed by atoms with E-state index in [2.05, 4.69) is 0 Å². The Morgan fingerprint density at radius 3 is 2.60 bits per heavy atom. The zero-order valence-electron chi connectivity index (χ0n) is 13.4. The molecule has 6 heteroatoms. The second-order valence-corrected chi connectivity index (χ2v) is 6.34. The minimum Gasteiger partial charge on any atom is -0.508 e. The van der Waals surface area contributed by atoms with Crippen molar-refractivity contribution in [1.29, 1.82) is 0 Å². The fourth-order valence-electron chi connectivity index (χ4n) is 3.40. The van der Waals surface area contributed by atoms with Crippen LogP contribution in [0.4, 0.5) is 0 Å². The average molecular weight is 342 g/mol. The van der Waals surface area contributed by atoms with Gasteiger partial charge in [-0.1, -0.05) is 18.2 Å². The summed E-state index contributed by atoms with van der Waals surface area (Å²) < 4.78 is 15.9. The van der Waals surface area contributed by atoms with Crippen LogP contribution in [0, 0.1) is 11.8 Å². The number of phenolic OH excluding ortho intramolecular Hbond substituents is 1. The highest BCUT2D eigenvalue weighted by molar-refractivity contribution is 5.75. The second-order valence-electron chi connectivity index (χ2n) is 6.34. The van der Waals surface area contributed by atoms with Crippen LogP contribution < -0.4 is 9.47 Å². The van der Waals surface area contributed by atoms with Crippen molar-refractivity contribution in [2.24, 2.45) is 11.8 Å². The summed E-state index contributed by atoms with van der Waals surface area (Å²) in [5.41, 5.74) is 1.58. The lowest BCUT2D eigenvalue weighted by atomic mass is 9.83. The maximum atomic E-state index is 12.2. The Hall–Kier alpha value is -2.73. The molecule has 2 aliphatic heterocycles. The van der Waals surface area contributed by atoms with Crippen LogP contribution in [0.25, 0.3) is 0 Å². The van der Waals surface area contributed by atoms with Crippen molar-refractivity contribution in [3.63, 3.8) is 0 Å². The van der Waals surface area contributed by atoms with Crippen LogP contribution in [0.15, 0.2) is 42.5 Å². The number of fused-ring (bicyclic) bond motifs is 1. The largest absolute Gasteiger partial charge is 0.508 e. The van der Waals surface area contributed by atoms with Gasteiger partial charge in [-0.15, -0.1) is 0 Å². The van der Waals surface area contributed by atoms with Gasteiger partial charge in [-0.25, -0.2) is 0 Å². The number of hydrogen-bond acceptors (Lipinski definition) is 6. The number of rotatable bonds is 4. The molecule has 0 aliphatic carbocycles. The first-order valence-electron chi connectivity index (χ1n) is 8.14. The number of hydrogen-bond donors (Lipinski definition) is 2. The van der Waals surface area contributed by atoms with Crippen LogP contribution in [0.2, 0.25) is 0 Å². The third-order valence-corrected chi connectivity index (χ3v) is 4.73. The summed E-state index contributed by atoms with van der Waals surface area (Å²) in [6.45, 7) is 0.485. The van der Waals surface area contributed by atoms with Crippen LogP contribution in [0.5, 0.6) is 17.2 Å². The first-order chi connectivity index (χ1) is 12.1. The van der Waals surface area contributed by atoms with E-state index in [9.17, 15) is 15.0 Å². The molecule has 2 aliphatic rings. The predicted octanol–water partition coefficient (Wildman–Crippen LogP) is 2.19. The second kappa shape index (κ2) is 6.29.